The standard InChI is InChI=1S/C14H18N4OS2/c15-14-17-11-2-1-10(9-12(11)21-14)13(19)16-3-4-18-5-7-20-8-6-18/h1-2,9H,3-8H2,(H2,15,17)(H,16,19). The molecule has 0 saturated carbocycles. The van der Waals surface area contributed by atoms with E-state index in [0.29, 0.717) is 17.2 Å². The van der Waals surface area contributed by atoms with Gasteiger partial charge in [0.25, 0.3) is 5.91 Å². The topological polar surface area (TPSA) is 71.2 Å². The van der Waals surface area contributed by atoms with Crippen molar-refractivity contribution in [2.24, 2.45) is 0 Å². The van der Waals surface area contributed by atoms with Crippen LogP contribution in [0.25, 0.3) is 10.2 Å². The second-order valence-corrected chi connectivity index (χ2v) is 7.23. The Labute approximate surface area is 131 Å². The monoisotopic (exact) mass is 322 g/mol. The van der Waals surface area contributed by atoms with Crippen LogP contribution in [0.15, 0.2) is 18.2 Å². The highest BCUT2D eigenvalue weighted by atomic mass is 32.2. The van der Waals surface area contributed by atoms with Gasteiger partial charge in [0.05, 0.1) is 10.2 Å². The highest BCUT2D eigenvalue weighted by Gasteiger charge is 2.11. The van der Waals surface area contributed by atoms with Crippen molar-refractivity contribution in [2.45, 2.75) is 0 Å². The lowest BCUT2D eigenvalue weighted by Gasteiger charge is -2.25. The molecule has 0 spiro atoms. The Morgan fingerprint density at radius 2 is 2.19 bits per heavy atom. The van der Waals surface area contributed by atoms with Gasteiger partial charge in [-0.25, -0.2) is 4.98 Å². The van der Waals surface area contributed by atoms with E-state index in [1.807, 2.05) is 23.9 Å². The number of fused-ring (bicyclic) bond motifs is 1. The largest absolute Gasteiger partial charge is 0.375 e. The number of carbonyl (C=O) groups is 1. The summed E-state index contributed by atoms with van der Waals surface area (Å²) in [5.41, 5.74) is 7.19. The van der Waals surface area contributed by atoms with Crippen molar-refractivity contribution in [1.82, 2.24) is 15.2 Å². The first-order chi connectivity index (χ1) is 10.2. The number of amides is 1. The maximum Gasteiger partial charge on any atom is 0.251 e. The number of nitrogen functional groups attached to an aromatic ring is 1. The van der Waals surface area contributed by atoms with Crippen molar-refractivity contribution in [3.8, 4) is 0 Å². The maximum atomic E-state index is 12.2. The van der Waals surface area contributed by atoms with Crippen LogP contribution in [-0.2, 0) is 0 Å². The van der Waals surface area contributed by atoms with Crippen molar-refractivity contribution >= 4 is 44.4 Å². The van der Waals surface area contributed by atoms with E-state index in [4.69, 9.17) is 5.73 Å². The Morgan fingerprint density at radius 1 is 1.38 bits per heavy atom. The van der Waals surface area contributed by atoms with E-state index >= 15 is 0 Å². The molecule has 5 nitrogen and oxygen atoms in total. The molecule has 21 heavy (non-hydrogen) atoms. The molecule has 112 valence electrons. The number of anilines is 1. The van der Waals surface area contributed by atoms with E-state index in [1.54, 1.807) is 6.07 Å². The third-order valence-electron chi connectivity index (χ3n) is 3.48. The summed E-state index contributed by atoms with van der Waals surface area (Å²) in [5, 5.41) is 3.52. The molecule has 1 aliphatic rings. The molecule has 0 unspecified atom stereocenters. The van der Waals surface area contributed by atoms with Gasteiger partial charge in [-0.1, -0.05) is 11.3 Å². The predicted molar refractivity (Wildman–Crippen MR) is 90.1 cm³/mol. The lowest BCUT2D eigenvalue weighted by atomic mass is 10.2. The van der Waals surface area contributed by atoms with Crippen molar-refractivity contribution in [2.75, 3.05) is 43.4 Å². The van der Waals surface area contributed by atoms with Gasteiger partial charge >= 0.3 is 0 Å². The molecule has 0 radical (unpaired) electrons. The average Bonchev–Trinajstić information content (AvgIpc) is 2.87. The second kappa shape index (κ2) is 6.64. The van der Waals surface area contributed by atoms with Crippen molar-refractivity contribution in [1.29, 1.82) is 0 Å². The minimum absolute atomic E-state index is 0.0322. The summed E-state index contributed by atoms with van der Waals surface area (Å²) < 4.78 is 0.952. The van der Waals surface area contributed by atoms with Crippen LogP contribution in [-0.4, -0.2) is 53.5 Å². The molecule has 1 saturated heterocycles. The number of nitrogens with zero attached hydrogens (tertiary/aromatic N) is 2. The number of hydrogen-bond donors (Lipinski definition) is 2. The van der Waals surface area contributed by atoms with E-state index in [0.717, 1.165) is 29.9 Å². The third-order valence-corrected chi connectivity index (χ3v) is 5.27. The fourth-order valence-electron chi connectivity index (χ4n) is 2.34. The minimum atomic E-state index is -0.0322. The van der Waals surface area contributed by atoms with Crippen molar-refractivity contribution in [3.63, 3.8) is 0 Å². The molecule has 3 N–H and O–H groups in total. The van der Waals surface area contributed by atoms with Crippen LogP contribution in [0.4, 0.5) is 5.13 Å². The molecule has 1 amide bonds. The van der Waals surface area contributed by atoms with Gasteiger partial charge in [-0.3, -0.25) is 9.69 Å². The molecule has 1 fully saturated rings. The van der Waals surface area contributed by atoms with Gasteiger partial charge in [0.2, 0.25) is 0 Å². The second-order valence-electron chi connectivity index (χ2n) is 4.94. The van der Waals surface area contributed by atoms with E-state index in [2.05, 4.69) is 15.2 Å². The first-order valence-corrected chi connectivity index (χ1v) is 8.94. The number of nitrogens with two attached hydrogens (primary N) is 1. The maximum absolute atomic E-state index is 12.2. The van der Waals surface area contributed by atoms with Gasteiger partial charge in [0.15, 0.2) is 5.13 Å². The summed E-state index contributed by atoms with van der Waals surface area (Å²) in [6, 6.07) is 5.50. The summed E-state index contributed by atoms with van der Waals surface area (Å²) in [4.78, 5) is 18.7. The van der Waals surface area contributed by atoms with E-state index < -0.39 is 0 Å². The van der Waals surface area contributed by atoms with Gasteiger partial charge in [0.1, 0.15) is 0 Å². The fourth-order valence-corrected chi connectivity index (χ4v) is 4.09. The van der Waals surface area contributed by atoms with Crippen LogP contribution < -0.4 is 11.1 Å². The number of aromatic nitrogens is 1. The van der Waals surface area contributed by atoms with E-state index in [-0.39, 0.29) is 5.91 Å². The van der Waals surface area contributed by atoms with Crippen LogP contribution in [0.1, 0.15) is 10.4 Å². The quantitative estimate of drug-likeness (QED) is 0.896. The summed E-state index contributed by atoms with van der Waals surface area (Å²) in [6.45, 7) is 3.84. The summed E-state index contributed by atoms with van der Waals surface area (Å²) >= 11 is 3.40. The van der Waals surface area contributed by atoms with Crippen LogP contribution in [0.3, 0.4) is 0 Å². The molecular formula is C14H18N4OS2. The molecular weight excluding hydrogens is 304 g/mol. The number of benzene rings is 1. The fraction of sp³-hybridized carbons (Fsp3) is 0.429. The molecule has 3 rings (SSSR count). The van der Waals surface area contributed by atoms with Crippen LogP contribution in [0.2, 0.25) is 0 Å². The molecule has 7 heteroatoms. The van der Waals surface area contributed by atoms with Gasteiger partial charge in [-0.05, 0) is 18.2 Å². The number of thiazole rings is 1. The number of thioether (sulfide) groups is 1. The predicted octanol–water partition coefficient (Wildman–Crippen LogP) is 1.66. The van der Waals surface area contributed by atoms with Crippen molar-refractivity contribution < 1.29 is 4.79 Å². The zero-order valence-electron chi connectivity index (χ0n) is 11.7. The minimum Gasteiger partial charge on any atom is -0.375 e. The zero-order valence-corrected chi connectivity index (χ0v) is 13.3. The first-order valence-electron chi connectivity index (χ1n) is 6.97. The highest BCUT2D eigenvalue weighted by molar-refractivity contribution is 7.99. The molecule has 0 atom stereocenters. The summed E-state index contributed by atoms with van der Waals surface area (Å²) in [5.74, 6) is 2.35. The molecule has 1 aromatic heterocycles. The molecule has 2 heterocycles. The molecule has 1 aromatic carbocycles. The SMILES string of the molecule is Nc1nc2ccc(C(=O)NCCN3CCSCC3)cc2s1. The van der Waals surface area contributed by atoms with Crippen LogP contribution in [0, 0.1) is 0 Å². The van der Waals surface area contributed by atoms with Crippen LogP contribution in [0.5, 0.6) is 0 Å². The molecule has 2 aromatic rings. The average molecular weight is 322 g/mol. The molecule has 0 bridgehead atoms. The van der Waals surface area contributed by atoms with Gasteiger partial charge in [-0.2, -0.15) is 11.8 Å². The van der Waals surface area contributed by atoms with Gasteiger partial charge < -0.3 is 11.1 Å². The Kier molecular flexibility index (Phi) is 4.62. The number of carbonyl (C=O) groups excluding carboxylic acids is 1. The van der Waals surface area contributed by atoms with Gasteiger partial charge in [0, 0.05) is 43.2 Å². The Hall–Kier alpha value is -1.31. The smallest absolute Gasteiger partial charge is 0.251 e. The van der Waals surface area contributed by atoms with Crippen LogP contribution >= 0.6 is 23.1 Å². The lowest BCUT2D eigenvalue weighted by Crippen LogP contribution is -2.39. The highest BCUT2D eigenvalue weighted by Crippen LogP contribution is 2.24. The first kappa shape index (κ1) is 14.6. The molecule has 1 aliphatic heterocycles. The number of rotatable bonds is 4. The third kappa shape index (κ3) is 3.66. The van der Waals surface area contributed by atoms with Gasteiger partial charge in [-0.15, -0.1) is 0 Å². The van der Waals surface area contributed by atoms with E-state index in [9.17, 15) is 4.79 Å². The number of hydrogen-bond acceptors (Lipinski definition) is 6. The Balaban J connectivity index is 1.55. The summed E-state index contributed by atoms with van der Waals surface area (Å²) in [6.07, 6.45) is 0. The number of nitrogens with one attached hydrogen (secondary N) is 1. The van der Waals surface area contributed by atoms with Crippen molar-refractivity contribution in [3.05, 3.63) is 23.8 Å². The molecule has 0 aliphatic carbocycles. The Morgan fingerprint density at radius 3 is 3.00 bits per heavy atom. The normalized spacial score (nSPS) is 16.2. The van der Waals surface area contributed by atoms with E-state index in [1.165, 1.54) is 22.8 Å². The summed E-state index contributed by atoms with van der Waals surface area (Å²) in [7, 11) is 0. The zero-order chi connectivity index (χ0) is 14.7. The Bertz CT molecular complexity index is 637. The lowest BCUT2D eigenvalue weighted by molar-refractivity contribution is 0.0949.